The number of nitrogens with zero attached hydrogens (tertiary/aromatic N) is 2. The van der Waals surface area contributed by atoms with Gasteiger partial charge in [0.15, 0.2) is 5.17 Å². The van der Waals surface area contributed by atoms with E-state index in [1.807, 2.05) is 12.1 Å². The summed E-state index contributed by atoms with van der Waals surface area (Å²) in [6, 6.07) is 13.2. The molecule has 0 radical (unpaired) electrons. The number of amidine groups is 1. The lowest BCUT2D eigenvalue weighted by Crippen LogP contribution is -2.25. The molecule has 1 heterocycles. The Balaban J connectivity index is 1.66. The zero-order chi connectivity index (χ0) is 24.2. The van der Waals surface area contributed by atoms with Crippen molar-refractivity contribution in [2.75, 3.05) is 13.2 Å². The summed E-state index contributed by atoms with van der Waals surface area (Å²) in [5.74, 6) is 0.806. The second-order valence-corrected chi connectivity index (χ2v) is 10.1. The van der Waals surface area contributed by atoms with Gasteiger partial charge in [-0.25, -0.2) is 5.01 Å². The van der Waals surface area contributed by atoms with Gasteiger partial charge in [-0.2, -0.15) is 0 Å². The predicted octanol–water partition coefficient (Wildman–Crippen LogP) is 5.10. The van der Waals surface area contributed by atoms with Crippen LogP contribution in [0.5, 0.6) is 11.5 Å². The second-order valence-electron chi connectivity index (χ2n) is 8.57. The van der Waals surface area contributed by atoms with Gasteiger partial charge in [-0.05, 0) is 41.3 Å². The van der Waals surface area contributed by atoms with Gasteiger partial charge >= 0.3 is 0 Å². The maximum Gasteiger partial charge on any atom is 0.241 e. The molecule has 7 nitrogen and oxygen atoms in total. The summed E-state index contributed by atoms with van der Waals surface area (Å²) in [5, 5.41) is 8.50. The predicted molar refractivity (Wildman–Crippen MR) is 132 cm³/mol. The molecule has 2 amide bonds. The molecular weight excluding hydrogens is 462 g/mol. The molecule has 0 aromatic heterocycles. The third-order valence-electron chi connectivity index (χ3n) is 4.82. The van der Waals surface area contributed by atoms with E-state index in [1.54, 1.807) is 18.2 Å². The van der Waals surface area contributed by atoms with Gasteiger partial charge in [0.2, 0.25) is 11.8 Å². The minimum atomic E-state index is -0.510. The molecule has 33 heavy (non-hydrogen) atoms. The molecule has 1 aliphatic rings. The molecule has 0 saturated heterocycles. The Kier molecular flexibility index (Phi) is 7.92. The summed E-state index contributed by atoms with van der Waals surface area (Å²) in [7, 11) is 0. The molecule has 3 rings (SSSR count). The SMILES string of the molecule is CC(=O)NC1=NN(C(C)=O)[C@@H](c2cc(Cl)ccc2OCCOc2ccc(C(C)(C)C)cc2)S1. The van der Waals surface area contributed by atoms with E-state index in [2.05, 4.69) is 43.3 Å². The molecule has 1 atom stereocenters. The van der Waals surface area contributed by atoms with Crippen LogP contribution in [0.4, 0.5) is 0 Å². The summed E-state index contributed by atoms with van der Waals surface area (Å²) in [5.41, 5.74) is 2.01. The van der Waals surface area contributed by atoms with Crippen molar-refractivity contribution in [3.63, 3.8) is 0 Å². The second kappa shape index (κ2) is 10.5. The van der Waals surface area contributed by atoms with Crippen LogP contribution in [0, 0.1) is 0 Å². The van der Waals surface area contributed by atoms with Crippen LogP contribution in [0.3, 0.4) is 0 Å². The topological polar surface area (TPSA) is 80.2 Å². The average molecular weight is 490 g/mol. The van der Waals surface area contributed by atoms with Crippen molar-refractivity contribution in [3.8, 4) is 11.5 Å². The Hall–Kier alpha value is -2.71. The monoisotopic (exact) mass is 489 g/mol. The number of hydrogen-bond acceptors (Lipinski definition) is 6. The zero-order valence-electron chi connectivity index (χ0n) is 19.3. The molecule has 0 spiro atoms. The lowest BCUT2D eigenvalue weighted by Gasteiger charge is -2.22. The van der Waals surface area contributed by atoms with Crippen molar-refractivity contribution >= 4 is 40.3 Å². The minimum Gasteiger partial charge on any atom is -0.490 e. The number of ether oxygens (including phenoxy) is 2. The van der Waals surface area contributed by atoms with Gasteiger partial charge in [0.05, 0.1) is 0 Å². The highest BCUT2D eigenvalue weighted by molar-refractivity contribution is 8.14. The summed E-state index contributed by atoms with van der Waals surface area (Å²) in [6.07, 6.45) is 0. The number of hydrazone groups is 1. The molecule has 0 fully saturated rings. The fourth-order valence-corrected chi connectivity index (χ4v) is 4.51. The molecule has 176 valence electrons. The Morgan fingerprint density at radius 3 is 2.36 bits per heavy atom. The molecule has 0 unspecified atom stereocenters. The highest BCUT2D eigenvalue weighted by Gasteiger charge is 2.34. The van der Waals surface area contributed by atoms with E-state index < -0.39 is 5.37 Å². The summed E-state index contributed by atoms with van der Waals surface area (Å²) in [4.78, 5) is 23.6. The van der Waals surface area contributed by atoms with Crippen LogP contribution < -0.4 is 14.8 Å². The third-order valence-corrected chi connectivity index (χ3v) is 6.14. The smallest absolute Gasteiger partial charge is 0.241 e. The van der Waals surface area contributed by atoms with E-state index in [0.717, 1.165) is 5.75 Å². The van der Waals surface area contributed by atoms with E-state index in [1.165, 1.54) is 36.2 Å². The van der Waals surface area contributed by atoms with Crippen LogP contribution in [-0.2, 0) is 15.0 Å². The zero-order valence-corrected chi connectivity index (χ0v) is 20.9. The lowest BCUT2D eigenvalue weighted by molar-refractivity contribution is -0.129. The Morgan fingerprint density at radius 1 is 1.09 bits per heavy atom. The van der Waals surface area contributed by atoms with Crippen LogP contribution in [-0.4, -0.2) is 35.2 Å². The third kappa shape index (κ3) is 6.65. The highest BCUT2D eigenvalue weighted by Crippen LogP contribution is 2.43. The van der Waals surface area contributed by atoms with Crippen LogP contribution in [0.25, 0.3) is 0 Å². The summed E-state index contributed by atoms with van der Waals surface area (Å²) >= 11 is 7.47. The first kappa shape index (κ1) is 24.9. The summed E-state index contributed by atoms with van der Waals surface area (Å²) in [6.45, 7) is 9.95. The molecular formula is C24H28ClN3O4S. The number of amides is 2. The van der Waals surface area contributed by atoms with Gasteiger partial charge in [0.1, 0.15) is 30.1 Å². The maximum atomic E-state index is 12.2. The van der Waals surface area contributed by atoms with E-state index in [4.69, 9.17) is 21.1 Å². The molecule has 0 bridgehead atoms. The van der Waals surface area contributed by atoms with Crippen LogP contribution in [0.1, 0.15) is 51.1 Å². The molecule has 2 aromatic carbocycles. The number of rotatable bonds is 6. The van der Waals surface area contributed by atoms with E-state index >= 15 is 0 Å². The fourth-order valence-electron chi connectivity index (χ4n) is 3.17. The van der Waals surface area contributed by atoms with Gasteiger partial charge in [-0.1, -0.05) is 56.3 Å². The van der Waals surface area contributed by atoms with Crippen LogP contribution in [0.2, 0.25) is 5.02 Å². The van der Waals surface area contributed by atoms with Crippen molar-refractivity contribution in [1.82, 2.24) is 10.3 Å². The lowest BCUT2D eigenvalue weighted by atomic mass is 9.87. The Morgan fingerprint density at radius 2 is 1.76 bits per heavy atom. The van der Waals surface area contributed by atoms with Crippen molar-refractivity contribution < 1.29 is 19.1 Å². The maximum absolute atomic E-state index is 12.2. The molecule has 0 saturated carbocycles. The first-order valence-electron chi connectivity index (χ1n) is 10.5. The average Bonchev–Trinajstić information content (AvgIpc) is 3.15. The minimum absolute atomic E-state index is 0.0855. The van der Waals surface area contributed by atoms with Crippen molar-refractivity contribution in [2.24, 2.45) is 5.10 Å². The van der Waals surface area contributed by atoms with Crippen LogP contribution in [0.15, 0.2) is 47.6 Å². The van der Waals surface area contributed by atoms with E-state index in [9.17, 15) is 9.59 Å². The highest BCUT2D eigenvalue weighted by atomic mass is 35.5. The van der Waals surface area contributed by atoms with Crippen molar-refractivity contribution in [1.29, 1.82) is 0 Å². The summed E-state index contributed by atoms with van der Waals surface area (Å²) < 4.78 is 11.8. The van der Waals surface area contributed by atoms with Crippen molar-refractivity contribution in [2.45, 2.75) is 45.4 Å². The molecule has 1 aliphatic heterocycles. The quantitative estimate of drug-likeness (QED) is 0.571. The number of thioether (sulfide) groups is 1. The first-order chi connectivity index (χ1) is 15.5. The van der Waals surface area contributed by atoms with Gasteiger partial charge in [0.25, 0.3) is 0 Å². The van der Waals surface area contributed by atoms with Crippen molar-refractivity contribution in [3.05, 3.63) is 58.6 Å². The Bertz CT molecular complexity index is 1050. The number of halogens is 1. The van der Waals surface area contributed by atoms with Gasteiger partial charge in [0, 0.05) is 24.4 Å². The fraction of sp³-hybridized carbons (Fsp3) is 0.375. The molecule has 9 heteroatoms. The normalized spacial score (nSPS) is 15.8. The van der Waals surface area contributed by atoms with Crippen LogP contribution >= 0.6 is 23.4 Å². The molecule has 2 aromatic rings. The standard InChI is InChI=1S/C24H28ClN3O4S/c1-15(29)26-23-27-28(16(2)30)22(33-23)20-14-18(25)8-11-21(20)32-13-12-31-19-9-6-17(7-10-19)24(3,4)5/h6-11,14,22H,12-13H2,1-5H3,(H,26,27,29)/t22-/m1/s1. The van der Waals surface area contributed by atoms with E-state index in [0.29, 0.717) is 34.7 Å². The number of nitrogens with one attached hydrogen (secondary N) is 1. The first-order valence-corrected chi connectivity index (χ1v) is 11.8. The van der Waals surface area contributed by atoms with Gasteiger partial charge < -0.3 is 14.8 Å². The molecule has 0 aliphatic carbocycles. The number of carbonyl (C=O) groups excluding carboxylic acids is 2. The number of carbonyl (C=O) groups is 2. The number of hydrogen-bond donors (Lipinski definition) is 1. The number of benzene rings is 2. The molecule has 1 N–H and O–H groups in total. The van der Waals surface area contributed by atoms with Gasteiger partial charge in [-0.3, -0.25) is 9.59 Å². The van der Waals surface area contributed by atoms with E-state index in [-0.39, 0.29) is 17.2 Å². The largest absolute Gasteiger partial charge is 0.490 e. The van der Waals surface area contributed by atoms with Gasteiger partial charge in [-0.15, -0.1) is 5.10 Å². The Labute approximate surface area is 203 Å².